The Labute approximate surface area is 122 Å². The molecule has 0 saturated carbocycles. The van der Waals surface area contributed by atoms with Crippen molar-refractivity contribution in [2.45, 2.75) is 6.92 Å². The maximum atomic E-state index is 12.4. The zero-order chi connectivity index (χ0) is 14.8. The molecule has 0 amide bonds. The molecule has 0 fully saturated rings. The minimum atomic E-state index is -0.155. The van der Waals surface area contributed by atoms with Gasteiger partial charge in [0, 0.05) is 5.69 Å². The van der Waals surface area contributed by atoms with Crippen molar-refractivity contribution >= 4 is 22.6 Å². The lowest BCUT2D eigenvalue weighted by molar-refractivity contribution is 0.0840. The summed E-state index contributed by atoms with van der Waals surface area (Å²) in [5, 5.41) is 0. The maximum absolute atomic E-state index is 12.4. The Morgan fingerprint density at radius 1 is 1.19 bits per heavy atom. The number of rotatable bonds is 3. The summed E-state index contributed by atoms with van der Waals surface area (Å²) in [6.07, 6.45) is 0. The van der Waals surface area contributed by atoms with Crippen molar-refractivity contribution in [3.8, 4) is 5.75 Å². The highest BCUT2D eigenvalue weighted by Crippen LogP contribution is 2.16. The minimum Gasteiger partial charge on any atom is -0.484 e. The number of nitrogens with two attached hydrogens (primary N) is 1. The lowest BCUT2D eigenvalue weighted by Gasteiger charge is -2.08. The number of carbonyl (C=O) groups excluding carboxylic acids is 1. The zero-order valence-electron chi connectivity index (χ0n) is 11.6. The van der Waals surface area contributed by atoms with E-state index >= 15 is 0 Å². The van der Waals surface area contributed by atoms with Gasteiger partial charge < -0.3 is 10.5 Å². The van der Waals surface area contributed by atoms with Crippen molar-refractivity contribution in [3.63, 3.8) is 0 Å². The molecule has 1 heterocycles. The summed E-state index contributed by atoms with van der Waals surface area (Å²) in [6.45, 7) is 1.76. The molecule has 0 aliphatic carbocycles. The van der Waals surface area contributed by atoms with Crippen molar-refractivity contribution in [1.29, 1.82) is 0 Å². The predicted molar refractivity (Wildman–Crippen MR) is 81.4 cm³/mol. The van der Waals surface area contributed by atoms with Crippen LogP contribution in [-0.2, 0) is 0 Å². The van der Waals surface area contributed by atoms with E-state index in [9.17, 15) is 4.79 Å². The van der Waals surface area contributed by atoms with E-state index in [-0.39, 0.29) is 12.5 Å². The van der Waals surface area contributed by atoms with Gasteiger partial charge in [0.05, 0.1) is 11.0 Å². The van der Waals surface area contributed by atoms with Crippen LogP contribution in [0.1, 0.15) is 10.6 Å². The SMILES string of the molecule is Cc1nc2ccccc2n1C(=O)COc1ccc(N)cc1. The molecule has 3 rings (SSSR count). The first-order valence-electron chi connectivity index (χ1n) is 6.61. The topological polar surface area (TPSA) is 70.1 Å². The van der Waals surface area contributed by atoms with Crippen molar-refractivity contribution in [2.75, 3.05) is 12.3 Å². The fraction of sp³-hybridized carbons (Fsp3) is 0.125. The van der Waals surface area contributed by atoms with Crippen LogP contribution in [0.15, 0.2) is 48.5 Å². The molecule has 21 heavy (non-hydrogen) atoms. The second-order valence-electron chi connectivity index (χ2n) is 4.73. The number of anilines is 1. The number of ether oxygens (including phenoxy) is 1. The van der Waals surface area contributed by atoms with E-state index in [0.29, 0.717) is 17.3 Å². The second kappa shape index (κ2) is 5.28. The van der Waals surface area contributed by atoms with Crippen LogP contribution in [0.5, 0.6) is 5.75 Å². The van der Waals surface area contributed by atoms with E-state index in [4.69, 9.17) is 10.5 Å². The molecule has 2 aromatic carbocycles. The number of benzene rings is 2. The van der Waals surface area contributed by atoms with Gasteiger partial charge in [-0.3, -0.25) is 9.36 Å². The van der Waals surface area contributed by atoms with Gasteiger partial charge in [-0.25, -0.2) is 4.98 Å². The first-order valence-corrected chi connectivity index (χ1v) is 6.61. The lowest BCUT2D eigenvalue weighted by atomic mass is 10.3. The summed E-state index contributed by atoms with van der Waals surface area (Å²) in [5.41, 5.74) is 7.86. The summed E-state index contributed by atoms with van der Waals surface area (Å²) in [4.78, 5) is 16.7. The van der Waals surface area contributed by atoms with Gasteiger partial charge >= 0.3 is 0 Å². The van der Waals surface area contributed by atoms with E-state index in [1.165, 1.54) is 0 Å². The third-order valence-electron chi connectivity index (χ3n) is 3.22. The van der Waals surface area contributed by atoms with E-state index in [1.54, 1.807) is 35.8 Å². The van der Waals surface area contributed by atoms with E-state index in [0.717, 1.165) is 11.0 Å². The standard InChI is InChI=1S/C16H15N3O2/c1-11-18-14-4-2-3-5-15(14)19(11)16(20)10-21-13-8-6-12(17)7-9-13/h2-9H,10,17H2,1H3. The fourth-order valence-corrected chi connectivity index (χ4v) is 2.23. The van der Waals surface area contributed by atoms with Gasteiger partial charge in [-0.05, 0) is 43.3 Å². The molecule has 0 atom stereocenters. The van der Waals surface area contributed by atoms with Crippen LogP contribution in [0.25, 0.3) is 11.0 Å². The molecular formula is C16H15N3O2. The van der Waals surface area contributed by atoms with Crippen LogP contribution in [0, 0.1) is 6.92 Å². The van der Waals surface area contributed by atoms with E-state index in [1.807, 2.05) is 24.3 Å². The average molecular weight is 281 g/mol. The molecule has 0 aliphatic heterocycles. The normalized spacial score (nSPS) is 10.7. The average Bonchev–Trinajstić information content (AvgIpc) is 2.82. The number of hydrogen-bond donors (Lipinski definition) is 1. The number of para-hydroxylation sites is 2. The molecule has 0 radical (unpaired) electrons. The molecule has 3 aromatic rings. The maximum Gasteiger partial charge on any atom is 0.270 e. The molecular weight excluding hydrogens is 266 g/mol. The number of imidazole rings is 1. The zero-order valence-corrected chi connectivity index (χ0v) is 11.6. The van der Waals surface area contributed by atoms with Crippen molar-refractivity contribution < 1.29 is 9.53 Å². The van der Waals surface area contributed by atoms with Crippen LogP contribution < -0.4 is 10.5 Å². The number of fused-ring (bicyclic) bond motifs is 1. The molecule has 0 aliphatic rings. The molecule has 0 saturated heterocycles. The number of nitrogens with zero attached hydrogens (tertiary/aromatic N) is 2. The fourth-order valence-electron chi connectivity index (χ4n) is 2.23. The smallest absolute Gasteiger partial charge is 0.270 e. The Morgan fingerprint density at radius 3 is 2.67 bits per heavy atom. The highest BCUT2D eigenvalue weighted by molar-refractivity contribution is 5.91. The monoisotopic (exact) mass is 281 g/mol. The van der Waals surface area contributed by atoms with Gasteiger partial charge in [0.1, 0.15) is 11.6 Å². The molecule has 106 valence electrons. The van der Waals surface area contributed by atoms with Gasteiger partial charge in [-0.1, -0.05) is 12.1 Å². The Morgan fingerprint density at radius 2 is 1.90 bits per heavy atom. The third-order valence-corrected chi connectivity index (χ3v) is 3.22. The largest absolute Gasteiger partial charge is 0.484 e. The molecule has 1 aromatic heterocycles. The Hall–Kier alpha value is -2.82. The van der Waals surface area contributed by atoms with Crippen molar-refractivity contribution in [2.24, 2.45) is 0 Å². The molecule has 5 nitrogen and oxygen atoms in total. The van der Waals surface area contributed by atoms with Gasteiger partial charge in [-0.2, -0.15) is 0 Å². The van der Waals surface area contributed by atoms with E-state index in [2.05, 4.69) is 4.98 Å². The summed E-state index contributed by atoms with van der Waals surface area (Å²) in [7, 11) is 0. The first kappa shape index (κ1) is 13.2. The van der Waals surface area contributed by atoms with Crippen LogP contribution >= 0.6 is 0 Å². The van der Waals surface area contributed by atoms with Gasteiger partial charge in [-0.15, -0.1) is 0 Å². The van der Waals surface area contributed by atoms with Crippen LogP contribution in [-0.4, -0.2) is 22.1 Å². The summed E-state index contributed by atoms with van der Waals surface area (Å²) in [5.74, 6) is 1.11. The van der Waals surface area contributed by atoms with Gasteiger partial charge in [0.25, 0.3) is 5.91 Å². The third kappa shape index (κ3) is 2.58. The molecule has 0 bridgehead atoms. The Bertz CT molecular complexity index is 791. The Kier molecular flexibility index (Phi) is 3.31. The predicted octanol–water partition coefficient (Wildman–Crippen LogP) is 2.65. The minimum absolute atomic E-state index is 0.0505. The van der Waals surface area contributed by atoms with Crippen LogP contribution in [0.4, 0.5) is 5.69 Å². The summed E-state index contributed by atoms with van der Waals surface area (Å²) >= 11 is 0. The highest BCUT2D eigenvalue weighted by Gasteiger charge is 2.14. The number of aryl methyl sites for hydroxylation is 1. The van der Waals surface area contributed by atoms with Crippen LogP contribution in [0.3, 0.4) is 0 Å². The first-order chi connectivity index (χ1) is 10.1. The molecule has 0 unspecified atom stereocenters. The Balaban J connectivity index is 1.81. The second-order valence-corrected chi connectivity index (χ2v) is 4.73. The van der Waals surface area contributed by atoms with Gasteiger partial charge in [0.2, 0.25) is 0 Å². The number of carbonyl (C=O) groups is 1. The van der Waals surface area contributed by atoms with Crippen molar-refractivity contribution in [1.82, 2.24) is 9.55 Å². The molecule has 5 heteroatoms. The lowest BCUT2D eigenvalue weighted by Crippen LogP contribution is -2.20. The van der Waals surface area contributed by atoms with Crippen molar-refractivity contribution in [3.05, 3.63) is 54.4 Å². The van der Waals surface area contributed by atoms with Crippen LogP contribution in [0.2, 0.25) is 0 Å². The highest BCUT2D eigenvalue weighted by atomic mass is 16.5. The quantitative estimate of drug-likeness (QED) is 0.749. The molecule has 2 N–H and O–H groups in total. The number of aromatic nitrogens is 2. The summed E-state index contributed by atoms with van der Waals surface area (Å²) < 4.78 is 7.07. The summed E-state index contributed by atoms with van der Waals surface area (Å²) in [6, 6.07) is 14.5. The van der Waals surface area contributed by atoms with Gasteiger partial charge in [0.15, 0.2) is 6.61 Å². The number of hydrogen-bond acceptors (Lipinski definition) is 4. The molecule has 0 spiro atoms. The number of nitrogen functional groups attached to an aromatic ring is 1. The van der Waals surface area contributed by atoms with E-state index < -0.39 is 0 Å².